The molecule has 2 fully saturated rings. The standard InChI is InChI=1S/C10H13F6NO/c1-4-6-2-5(17)3-7(6)8(18-4,9(11,12)13)10(14,15)16/h4-7H,2-3,17H2,1H3/t4?,5-,6-,7?/m0/s1. The van der Waals surface area contributed by atoms with Gasteiger partial charge in [-0.2, -0.15) is 26.3 Å². The molecule has 0 aromatic heterocycles. The number of fused-ring (bicyclic) bond motifs is 1. The van der Waals surface area contributed by atoms with Crippen molar-refractivity contribution in [3.8, 4) is 0 Å². The van der Waals surface area contributed by atoms with E-state index in [0.717, 1.165) is 0 Å². The Morgan fingerprint density at radius 1 is 1.06 bits per heavy atom. The highest BCUT2D eigenvalue weighted by atomic mass is 19.4. The van der Waals surface area contributed by atoms with Crippen molar-refractivity contribution in [3.05, 3.63) is 0 Å². The van der Waals surface area contributed by atoms with Crippen molar-refractivity contribution >= 4 is 0 Å². The van der Waals surface area contributed by atoms with Crippen molar-refractivity contribution in [2.45, 2.75) is 49.9 Å². The maximum absolute atomic E-state index is 13.0. The summed E-state index contributed by atoms with van der Waals surface area (Å²) in [5.41, 5.74) is 1.45. The highest BCUT2D eigenvalue weighted by Gasteiger charge is 2.80. The lowest BCUT2D eigenvalue weighted by atomic mass is 9.80. The molecular weight excluding hydrogens is 264 g/mol. The van der Waals surface area contributed by atoms with Crippen LogP contribution in [-0.4, -0.2) is 30.1 Å². The Morgan fingerprint density at radius 3 is 2.00 bits per heavy atom. The molecule has 0 aromatic rings. The van der Waals surface area contributed by atoms with Gasteiger partial charge in [0.05, 0.1) is 6.10 Å². The Hall–Kier alpha value is -0.500. The molecular formula is C10H13F6NO. The molecule has 2 aliphatic rings. The van der Waals surface area contributed by atoms with E-state index in [4.69, 9.17) is 5.73 Å². The lowest BCUT2D eigenvalue weighted by Crippen LogP contribution is -2.61. The van der Waals surface area contributed by atoms with Crippen LogP contribution in [0.5, 0.6) is 0 Å². The highest BCUT2D eigenvalue weighted by molar-refractivity contribution is 5.12. The number of alkyl halides is 6. The summed E-state index contributed by atoms with van der Waals surface area (Å²) in [6.45, 7) is 1.24. The first-order valence-electron chi connectivity index (χ1n) is 5.57. The van der Waals surface area contributed by atoms with E-state index in [2.05, 4.69) is 4.74 Å². The molecule has 18 heavy (non-hydrogen) atoms. The van der Waals surface area contributed by atoms with Crippen LogP contribution in [0.1, 0.15) is 19.8 Å². The van der Waals surface area contributed by atoms with E-state index < -0.39 is 41.9 Å². The Kier molecular flexibility index (Phi) is 2.90. The summed E-state index contributed by atoms with van der Waals surface area (Å²) in [4.78, 5) is 0. The molecule has 2 nitrogen and oxygen atoms in total. The molecule has 4 atom stereocenters. The van der Waals surface area contributed by atoms with Gasteiger partial charge >= 0.3 is 12.4 Å². The Morgan fingerprint density at radius 2 is 1.56 bits per heavy atom. The van der Waals surface area contributed by atoms with E-state index in [1.54, 1.807) is 0 Å². The summed E-state index contributed by atoms with van der Waals surface area (Å²) in [5, 5.41) is 0. The molecule has 1 aliphatic carbocycles. The number of halogens is 6. The van der Waals surface area contributed by atoms with Crippen LogP contribution in [0, 0.1) is 11.8 Å². The number of hydrogen-bond donors (Lipinski definition) is 1. The van der Waals surface area contributed by atoms with Crippen LogP contribution >= 0.6 is 0 Å². The van der Waals surface area contributed by atoms with E-state index >= 15 is 0 Å². The van der Waals surface area contributed by atoms with Crippen molar-refractivity contribution in [2.75, 3.05) is 0 Å². The van der Waals surface area contributed by atoms with Gasteiger partial charge in [0.1, 0.15) is 0 Å². The third kappa shape index (κ3) is 1.65. The topological polar surface area (TPSA) is 35.2 Å². The van der Waals surface area contributed by atoms with Crippen molar-refractivity contribution in [2.24, 2.45) is 17.6 Å². The van der Waals surface area contributed by atoms with E-state index in [1.807, 2.05) is 0 Å². The summed E-state index contributed by atoms with van der Waals surface area (Å²) < 4.78 is 82.2. The quantitative estimate of drug-likeness (QED) is 0.691. The minimum atomic E-state index is -5.48. The lowest BCUT2D eigenvalue weighted by Gasteiger charge is -2.37. The minimum absolute atomic E-state index is 0.139. The van der Waals surface area contributed by atoms with Crippen LogP contribution in [0.4, 0.5) is 26.3 Å². The van der Waals surface area contributed by atoms with Crippen molar-refractivity contribution < 1.29 is 31.1 Å². The molecule has 0 bridgehead atoms. The second-order valence-electron chi connectivity index (χ2n) is 5.06. The average Bonchev–Trinajstić information content (AvgIpc) is 2.61. The Bertz CT molecular complexity index is 324. The number of hydrogen-bond acceptors (Lipinski definition) is 2. The molecule has 1 aliphatic heterocycles. The van der Waals surface area contributed by atoms with Gasteiger partial charge in [-0.15, -0.1) is 0 Å². The van der Waals surface area contributed by atoms with E-state index in [0.29, 0.717) is 0 Å². The molecule has 1 heterocycles. The molecule has 1 saturated heterocycles. The predicted octanol–water partition coefficient (Wildman–Crippen LogP) is 2.62. The van der Waals surface area contributed by atoms with Crippen LogP contribution in [0.3, 0.4) is 0 Å². The zero-order chi connectivity index (χ0) is 13.9. The van der Waals surface area contributed by atoms with Gasteiger partial charge in [0.15, 0.2) is 0 Å². The van der Waals surface area contributed by atoms with Crippen LogP contribution < -0.4 is 5.73 Å². The third-order valence-corrected chi connectivity index (χ3v) is 3.99. The molecule has 1 saturated carbocycles. The zero-order valence-electron chi connectivity index (χ0n) is 9.48. The normalized spacial score (nSPS) is 40.0. The van der Waals surface area contributed by atoms with Gasteiger partial charge in [0.25, 0.3) is 5.60 Å². The fourth-order valence-electron chi connectivity index (χ4n) is 3.28. The maximum Gasteiger partial charge on any atom is 0.426 e. The van der Waals surface area contributed by atoms with Crippen LogP contribution in [0.25, 0.3) is 0 Å². The first kappa shape index (κ1) is 13.9. The van der Waals surface area contributed by atoms with Crippen molar-refractivity contribution in [1.82, 2.24) is 0 Å². The molecule has 0 aromatic carbocycles. The van der Waals surface area contributed by atoms with E-state index in [9.17, 15) is 26.3 Å². The number of rotatable bonds is 0. The van der Waals surface area contributed by atoms with Gasteiger partial charge in [-0.25, -0.2) is 0 Å². The first-order chi connectivity index (χ1) is 8.00. The van der Waals surface area contributed by atoms with Crippen molar-refractivity contribution in [1.29, 1.82) is 0 Å². The molecule has 0 spiro atoms. The van der Waals surface area contributed by atoms with Crippen LogP contribution in [-0.2, 0) is 4.74 Å². The molecule has 2 N–H and O–H groups in total. The molecule has 0 amide bonds. The van der Waals surface area contributed by atoms with Gasteiger partial charge in [-0.1, -0.05) is 0 Å². The van der Waals surface area contributed by atoms with Gasteiger partial charge in [0, 0.05) is 12.0 Å². The van der Waals surface area contributed by atoms with Gasteiger partial charge in [-0.05, 0) is 25.7 Å². The Balaban J connectivity index is 2.49. The number of ether oxygens (including phenoxy) is 1. The highest BCUT2D eigenvalue weighted by Crippen LogP contribution is 2.61. The van der Waals surface area contributed by atoms with E-state index in [1.165, 1.54) is 6.92 Å². The molecule has 106 valence electrons. The average molecular weight is 277 g/mol. The lowest BCUT2D eigenvalue weighted by molar-refractivity contribution is -0.385. The molecule has 8 heteroatoms. The summed E-state index contributed by atoms with van der Waals surface area (Å²) in [5.74, 6) is -2.43. The smallest absolute Gasteiger partial charge is 0.354 e. The SMILES string of the molecule is CC1OC(C(F)(F)F)(C(F)(F)F)C2C[C@@H](N)C[C@@H]12. The molecule has 2 unspecified atom stereocenters. The molecule has 2 rings (SSSR count). The van der Waals surface area contributed by atoms with Crippen molar-refractivity contribution in [3.63, 3.8) is 0 Å². The zero-order valence-corrected chi connectivity index (χ0v) is 9.48. The van der Waals surface area contributed by atoms with Gasteiger partial charge < -0.3 is 10.5 Å². The summed E-state index contributed by atoms with van der Waals surface area (Å²) in [7, 11) is 0. The number of nitrogens with two attached hydrogens (primary N) is 1. The van der Waals surface area contributed by atoms with Crippen LogP contribution in [0.2, 0.25) is 0 Å². The predicted molar refractivity (Wildman–Crippen MR) is 49.6 cm³/mol. The summed E-state index contributed by atoms with van der Waals surface area (Å²) in [6, 6.07) is -0.629. The summed E-state index contributed by atoms with van der Waals surface area (Å²) >= 11 is 0. The largest absolute Gasteiger partial charge is 0.426 e. The first-order valence-corrected chi connectivity index (χ1v) is 5.57. The van der Waals surface area contributed by atoms with Crippen LogP contribution in [0.15, 0.2) is 0 Å². The second kappa shape index (κ2) is 3.75. The minimum Gasteiger partial charge on any atom is -0.354 e. The second-order valence-corrected chi connectivity index (χ2v) is 5.06. The summed E-state index contributed by atoms with van der Waals surface area (Å²) in [6.07, 6.45) is -12.2. The monoisotopic (exact) mass is 277 g/mol. The third-order valence-electron chi connectivity index (χ3n) is 3.99. The Labute approximate surface area is 99.5 Å². The fourth-order valence-corrected chi connectivity index (χ4v) is 3.28. The maximum atomic E-state index is 13.0. The van der Waals surface area contributed by atoms with Gasteiger partial charge in [-0.3, -0.25) is 0 Å². The van der Waals surface area contributed by atoms with E-state index in [-0.39, 0.29) is 12.8 Å². The fraction of sp³-hybridized carbons (Fsp3) is 1.00. The van der Waals surface area contributed by atoms with Gasteiger partial charge in [0.2, 0.25) is 0 Å². The molecule has 0 radical (unpaired) electrons.